The molecule has 5 nitrogen and oxygen atoms in total. The van der Waals surface area contributed by atoms with Crippen molar-refractivity contribution in [2.24, 2.45) is 5.73 Å². The number of benzene rings is 1. The normalized spacial score (nSPS) is 13.4. The van der Waals surface area contributed by atoms with Crippen molar-refractivity contribution in [3.63, 3.8) is 0 Å². The van der Waals surface area contributed by atoms with Crippen LogP contribution >= 0.6 is 0 Å². The molecule has 5 heteroatoms. The summed E-state index contributed by atoms with van der Waals surface area (Å²) in [5.74, 6) is -0.339. The van der Waals surface area contributed by atoms with Crippen LogP contribution in [-0.4, -0.2) is 48.3 Å². The standard InChI is InChI=1S/C16H25N3O2/c1-5-19(6-2)14(20)12-18(4)15(21)16(3,17)13-10-8-7-9-11-13/h7-11H,5-6,12,17H2,1-4H3. The summed E-state index contributed by atoms with van der Waals surface area (Å²) in [4.78, 5) is 27.7. The van der Waals surface area contributed by atoms with E-state index in [1.807, 2.05) is 44.2 Å². The van der Waals surface area contributed by atoms with Crippen molar-refractivity contribution in [3.05, 3.63) is 35.9 Å². The molecule has 1 rings (SSSR count). The molecule has 2 N–H and O–H groups in total. The van der Waals surface area contributed by atoms with Gasteiger partial charge in [-0.3, -0.25) is 9.59 Å². The lowest BCUT2D eigenvalue weighted by Gasteiger charge is -2.30. The van der Waals surface area contributed by atoms with Crippen LogP contribution in [0.3, 0.4) is 0 Å². The zero-order chi connectivity index (χ0) is 16.0. The number of carbonyl (C=O) groups excluding carboxylic acids is 2. The van der Waals surface area contributed by atoms with Crippen molar-refractivity contribution >= 4 is 11.8 Å². The fraction of sp³-hybridized carbons (Fsp3) is 0.500. The number of hydrogen-bond acceptors (Lipinski definition) is 3. The first kappa shape index (κ1) is 17.2. The fourth-order valence-corrected chi connectivity index (χ4v) is 2.26. The van der Waals surface area contributed by atoms with Crippen molar-refractivity contribution in [3.8, 4) is 0 Å². The van der Waals surface area contributed by atoms with Crippen molar-refractivity contribution in [1.82, 2.24) is 9.80 Å². The van der Waals surface area contributed by atoms with Crippen molar-refractivity contribution in [1.29, 1.82) is 0 Å². The quantitative estimate of drug-likeness (QED) is 0.856. The van der Waals surface area contributed by atoms with E-state index < -0.39 is 5.54 Å². The van der Waals surface area contributed by atoms with E-state index in [1.165, 1.54) is 4.90 Å². The zero-order valence-electron chi connectivity index (χ0n) is 13.3. The molecule has 0 aliphatic carbocycles. The number of rotatable bonds is 6. The number of nitrogens with zero attached hydrogens (tertiary/aromatic N) is 2. The monoisotopic (exact) mass is 291 g/mol. The van der Waals surface area contributed by atoms with Gasteiger partial charge in [0.1, 0.15) is 5.54 Å². The molecule has 1 atom stereocenters. The minimum atomic E-state index is -1.14. The molecule has 0 heterocycles. The van der Waals surface area contributed by atoms with E-state index in [-0.39, 0.29) is 18.4 Å². The summed E-state index contributed by atoms with van der Waals surface area (Å²) in [7, 11) is 1.61. The Kier molecular flexibility index (Phi) is 5.90. The van der Waals surface area contributed by atoms with Crippen LogP contribution in [0.4, 0.5) is 0 Å². The van der Waals surface area contributed by atoms with E-state index in [0.717, 1.165) is 5.56 Å². The average Bonchev–Trinajstić information content (AvgIpc) is 2.48. The molecule has 0 bridgehead atoms. The van der Waals surface area contributed by atoms with Gasteiger partial charge in [0.25, 0.3) is 0 Å². The third-order valence-electron chi connectivity index (χ3n) is 3.65. The van der Waals surface area contributed by atoms with Crippen LogP contribution in [0, 0.1) is 0 Å². The molecule has 0 radical (unpaired) electrons. The van der Waals surface area contributed by atoms with Gasteiger partial charge in [-0.25, -0.2) is 0 Å². The third kappa shape index (κ3) is 4.04. The fourth-order valence-electron chi connectivity index (χ4n) is 2.26. The highest BCUT2D eigenvalue weighted by atomic mass is 16.2. The summed E-state index contributed by atoms with van der Waals surface area (Å²) >= 11 is 0. The van der Waals surface area contributed by atoms with Gasteiger partial charge in [0.15, 0.2) is 0 Å². The maximum absolute atomic E-state index is 12.5. The highest BCUT2D eigenvalue weighted by molar-refractivity contribution is 5.90. The zero-order valence-corrected chi connectivity index (χ0v) is 13.3. The van der Waals surface area contributed by atoms with Gasteiger partial charge in [-0.15, -0.1) is 0 Å². The predicted octanol–water partition coefficient (Wildman–Crippen LogP) is 1.19. The van der Waals surface area contributed by atoms with Gasteiger partial charge >= 0.3 is 0 Å². The SMILES string of the molecule is CCN(CC)C(=O)CN(C)C(=O)C(C)(N)c1ccccc1. The van der Waals surface area contributed by atoms with E-state index in [0.29, 0.717) is 13.1 Å². The number of carbonyl (C=O) groups is 2. The lowest BCUT2D eigenvalue weighted by Crippen LogP contribution is -2.52. The Morgan fingerprint density at radius 3 is 2.14 bits per heavy atom. The number of likely N-dealkylation sites (N-methyl/N-ethyl adjacent to an activating group) is 2. The number of nitrogens with two attached hydrogens (primary N) is 1. The van der Waals surface area contributed by atoms with E-state index >= 15 is 0 Å². The van der Waals surface area contributed by atoms with Crippen LogP contribution in [0.15, 0.2) is 30.3 Å². The Bertz CT molecular complexity index is 482. The summed E-state index contributed by atoms with van der Waals surface area (Å²) < 4.78 is 0. The molecule has 0 fully saturated rings. The van der Waals surface area contributed by atoms with Gasteiger partial charge in [-0.1, -0.05) is 30.3 Å². The van der Waals surface area contributed by atoms with Crippen LogP contribution < -0.4 is 5.73 Å². The molecule has 0 saturated heterocycles. The Labute approximate surface area is 126 Å². The summed E-state index contributed by atoms with van der Waals surface area (Å²) in [6.07, 6.45) is 0. The van der Waals surface area contributed by atoms with Gasteiger partial charge in [0.05, 0.1) is 6.54 Å². The molecule has 1 aromatic rings. The molecule has 116 valence electrons. The average molecular weight is 291 g/mol. The summed E-state index contributed by atoms with van der Waals surface area (Å²) in [5, 5.41) is 0. The Hall–Kier alpha value is -1.88. The molecule has 21 heavy (non-hydrogen) atoms. The molecule has 0 aliphatic heterocycles. The lowest BCUT2D eigenvalue weighted by atomic mass is 9.92. The summed E-state index contributed by atoms with van der Waals surface area (Å²) in [6, 6.07) is 9.19. The number of hydrogen-bond donors (Lipinski definition) is 1. The Morgan fingerprint density at radius 1 is 1.14 bits per heavy atom. The van der Waals surface area contributed by atoms with E-state index in [9.17, 15) is 9.59 Å². The first-order valence-electron chi connectivity index (χ1n) is 7.22. The predicted molar refractivity (Wildman–Crippen MR) is 83.5 cm³/mol. The lowest BCUT2D eigenvalue weighted by molar-refractivity contribution is -0.142. The van der Waals surface area contributed by atoms with Gasteiger partial charge in [0, 0.05) is 20.1 Å². The van der Waals surface area contributed by atoms with E-state index in [1.54, 1.807) is 18.9 Å². The van der Waals surface area contributed by atoms with Gasteiger partial charge in [-0.2, -0.15) is 0 Å². The Morgan fingerprint density at radius 2 is 1.67 bits per heavy atom. The van der Waals surface area contributed by atoms with Crippen LogP contribution in [-0.2, 0) is 15.1 Å². The summed E-state index contributed by atoms with van der Waals surface area (Å²) in [5.41, 5.74) is 5.78. The smallest absolute Gasteiger partial charge is 0.247 e. The molecule has 0 aromatic heterocycles. The maximum Gasteiger partial charge on any atom is 0.247 e. The topological polar surface area (TPSA) is 66.6 Å². The van der Waals surface area contributed by atoms with Crippen LogP contribution in [0.25, 0.3) is 0 Å². The van der Waals surface area contributed by atoms with Gasteiger partial charge < -0.3 is 15.5 Å². The minimum Gasteiger partial charge on any atom is -0.342 e. The van der Waals surface area contributed by atoms with Crippen molar-refractivity contribution in [2.45, 2.75) is 26.3 Å². The molecule has 0 aliphatic rings. The molecular formula is C16H25N3O2. The molecular weight excluding hydrogens is 266 g/mol. The Balaban J connectivity index is 2.80. The first-order valence-corrected chi connectivity index (χ1v) is 7.22. The second kappa shape index (κ2) is 7.22. The highest BCUT2D eigenvalue weighted by Crippen LogP contribution is 2.19. The third-order valence-corrected chi connectivity index (χ3v) is 3.65. The van der Waals surface area contributed by atoms with Crippen molar-refractivity contribution in [2.75, 3.05) is 26.7 Å². The van der Waals surface area contributed by atoms with Gasteiger partial charge in [-0.05, 0) is 26.3 Å². The van der Waals surface area contributed by atoms with Crippen molar-refractivity contribution < 1.29 is 9.59 Å². The van der Waals surface area contributed by atoms with Gasteiger partial charge in [0.2, 0.25) is 11.8 Å². The van der Waals surface area contributed by atoms with Crippen LogP contribution in [0.2, 0.25) is 0 Å². The minimum absolute atomic E-state index is 0.0418. The highest BCUT2D eigenvalue weighted by Gasteiger charge is 2.33. The maximum atomic E-state index is 12.5. The number of amides is 2. The summed E-state index contributed by atoms with van der Waals surface area (Å²) in [6.45, 7) is 6.82. The molecule has 2 amide bonds. The molecule has 1 aromatic carbocycles. The molecule has 1 unspecified atom stereocenters. The van der Waals surface area contributed by atoms with E-state index in [4.69, 9.17) is 5.73 Å². The molecule has 0 saturated carbocycles. The van der Waals surface area contributed by atoms with Crippen LogP contribution in [0.1, 0.15) is 26.3 Å². The second-order valence-electron chi connectivity index (χ2n) is 5.30. The molecule has 0 spiro atoms. The largest absolute Gasteiger partial charge is 0.342 e. The van der Waals surface area contributed by atoms with Crippen LogP contribution in [0.5, 0.6) is 0 Å². The second-order valence-corrected chi connectivity index (χ2v) is 5.30. The van der Waals surface area contributed by atoms with E-state index in [2.05, 4.69) is 0 Å². The first-order chi connectivity index (χ1) is 9.84.